The fraction of sp³-hybridized carbons (Fsp3) is 0.550. The van der Waals surface area contributed by atoms with Crippen molar-refractivity contribution in [2.45, 2.75) is 45.1 Å². The SMILES string of the molecule is CC(C)(C)OC(=O)N1CCC(CF)C1NC(=O)CNC(=O)c1cccc(C(F)(F)F)c1. The van der Waals surface area contributed by atoms with Crippen LogP contribution in [0.15, 0.2) is 24.3 Å². The summed E-state index contributed by atoms with van der Waals surface area (Å²) >= 11 is 0. The second kappa shape index (κ2) is 9.52. The number of nitrogens with zero attached hydrogens (tertiary/aromatic N) is 1. The first kappa shape index (κ1) is 24.4. The normalized spacial score (nSPS) is 19.1. The number of alkyl halides is 4. The Balaban J connectivity index is 1.98. The Morgan fingerprint density at radius 3 is 2.45 bits per heavy atom. The van der Waals surface area contributed by atoms with Gasteiger partial charge in [0.05, 0.1) is 18.8 Å². The molecule has 1 aliphatic rings. The second-order valence-electron chi connectivity index (χ2n) is 8.15. The number of rotatable bonds is 5. The van der Waals surface area contributed by atoms with Crippen LogP contribution in [0.5, 0.6) is 0 Å². The van der Waals surface area contributed by atoms with E-state index in [0.29, 0.717) is 12.5 Å². The number of carbonyl (C=O) groups excluding carboxylic acids is 3. The van der Waals surface area contributed by atoms with Gasteiger partial charge in [-0.15, -0.1) is 0 Å². The van der Waals surface area contributed by atoms with E-state index in [4.69, 9.17) is 4.74 Å². The summed E-state index contributed by atoms with van der Waals surface area (Å²) in [5.74, 6) is -2.24. The van der Waals surface area contributed by atoms with Crippen molar-refractivity contribution in [3.8, 4) is 0 Å². The minimum Gasteiger partial charge on any atom is -0.444 e. The Hall–Kier alpha value is -2.85. The Kier molecular flexibility index (Phi) is 7.50. The van der Waals surface area contributed by atoms with Gasteiger partial charge in [-0.3, -0.25) is 18.9 Å². The van der Waals surface area contributed by atoms with E-state index in [1.165, 1.54) is 11.0 Å². The standard InChI is InChI=1S/C20H25F4N3O4/c1-19(2,3)31-18(30)27-8-7-13(10-21)16(27)26-15(28)11-25-17(29)12-5-4-6-14(9-12)20(22,23)24/h4-6,9,13,16H,7-8,10-11H2,1-3H3,(H,25,29)(H,26,28). The van der Waals surface area contributed by atoms with Gasteiger partial charge in [-0.2, -0.15) is 13.2 Å². The lowest BCUT2D eigenvalue weighted by molar-refractivity contribution is -0.137. The van der Waals surface area contributed by atoms with Gasteiger partial charge in [0, 0.05) is 18.0 Å². The highest BCUT2D eigenvalue weighted by atomic mass is 19.4. The lowest BCUT2D eigenvalue weighted by Crippen LogP contribution is -2.53. The number of amides is 3. The van der Waals surface area contributed by atoms with Gasteiger partial charge in [-0.05, 0) is 45.4 Å². The summed E-state index contributed by atoms with van der Waals surface area (Å²) in [6, 6.07) is 3.77. The molecular weight excluding hydrogens is 422 g/mol. The quantitative estimate of drug-likeness (QED) is 0.679. The molecular formula is C20H25F4N3O4. The summed E-state index contributed by atoms with van der Waals surface area (Å²) in [6.45, 7) is 3.86. The molecule has 1 fully saturated rings. The van der Waals surface area contributed by atoms with Crippen molar-refractivity contribution < 1.29 is 36.7 Å². The van der Waals surface area contributed by atoms with E-state index in [1.54, 1.807) is 20.8 Å². The van der Waals surface area contributed by atoms with Crippen molar-refractivity contribution in [2.75, 3.05) is 19.8 Å². The van der Waals surface area contributed by atoms with Crippen LogP contribution in [-0.4, -0.2) is 54.3 Å². The molecule has 2 rings (SSSR count). The molecule has 3 amide bonds. The molecule has 2 N–H and O–H groups in total. The van der Waals surface area contributed by atoms with Crippen LogP contribution in [0, 0.1) is 5.92 Å². The molecule has 0 aliphatic carbocycles. The molecule has 1 aliphatic heterocycles. The number of ether oxygens (including phenoxy) is 1. The van der Waals surface area contributed by atoms with E-state index in [2.05, 4.69) is 10.6 Å². The first-order valence-corrected chi connectivity index (χ1v) is 9.62. The van der Waals surface area contributed by atoms with Crippen LogP contribution < -0.4 is 10.6 Å². The van der Waals surface area contributed by atoms with Crippen LogP contribution in [0.25, 0.3) is 0 Å². The summed E-state index contributed by atoms with van der Waals surface area (Å²) in [7, 11) is 0. The zero-order chi connectivity index (χ0) is 23.4. The first-order chi connectivity index (χ1) is 14.3. The van der Waals surface area contributed by atoms with Crippen LogP contribution in [-0.2, 0) is 15.7 Å². The van der Waals surface area contributed by atoms with Crippen LogP contribution >= 0.6 is 0 Å². The molecule has 2 atom stereocenters. The zero-order valence-corrected chi connectivity index (χ0v) is 17.4. The topological polar surface area (TPSA) is 87.7 Å². The molecule has 172 valence electrons. The Labute approximate surface area is 177 Å². The van der Waals surface area contributed by atoms with E-state index in [0.717, 1.165) is 12.1 Å². The Bertz CT molecular complexity index is 823. The highest BCUT2D eigenvalue weighted by Gasteiger charge is 2.40. The maximum atomic E-state index is 13.4. The fourth-order valence-corrected chi connectivity index (χ4v) is 3.05. The van der Waals surface area contributed by atoms with Crippen molar-refractivity contribution in [2.24, 2.45) is 5.92 Å². The number of hydrogen-bond donors (Lipinski definition) is 2. The van der Waals surface area contributed by atoms with Crippen molar-refractivity contribution in [3.05, 3.63) is 35.4 Å². The van der Waals surface area contributed by atoms with Gasteiger partial charge in [-0.1, -0.05) is 6.07 Å². The smallest absolute Gasteiger partial charge is 0.416 e. The summed E-state index contributed by atoms with van der Waals surface area (Å²) in [6.07, 6.45) is -5.96. The van der Waals surface area contributed by atoms with Crippen molar-refractivity contribution in [3.63, 3.8) is 0 Å². The third-order valence-corrected chi connectivity index (χ3v) is 4.52. The molecule has 1 heterocycles. The number of hydrogen-bond acceptors (Lipinski definition) is 4. The lowest BCUT2D eigenvalue weighted by atomic mass is 10.1. The first-order valence-electron chi connectivity index (χ1n) is 9.62. The van der Waals surface area contributed by atoms with E-state index in [-0.39, 0.29) is 12.1 Å². The highest BCUT2D eigenvalue weighted by Crippen LogP contribution is 2.29. The van der Waals surface area contributed by atoms with E-state index in [1.807, 2.05) is 0 Å². The van der Waals surface area contributed by atoms with Crippen LogP contribution in [0.4, 0.5) is 22.4 Å². The van der Waals surface area contributed by atoms with Gasteiger partial charge in [0.25, 0.3) is 5.91 Å². The number of likely N-dealkylation sites (tertiary alicyclic amines) is 1. The van der Waals surface area contributed by atoms with Crippen molar-refractivity contribution in [1.82, 2.24) is 15.5 Å². The minimum absolute atomic E-state index is 0.186. The molecule has 0 aromatic heterocycles. The van der Waals surface area contributed by atoms with Gasteiger partial charge in [0.1, 0.15) is 11.8 Å². The van der Waals surface area contributed by atoms with E-state index in [9.17, 15) is 31.9 Å². The van der Waals surface area contributed by atoms with Crippen LogP contribution in [0.1, 0.15) is 43.1 Å². The monoisotopic (exact) mass is 447 g/mol. The average Bonchev–Trinajstić information content (AvgIpc) is 3.06. The maximum Gasteiger partial charge on any atom is 0.416 e. The second-order valence-corrected chi connectivity index (χ2v) is 8.15. The third kappa shape index (κ3) is 6.83. The fourth-order valence-electron chi connectivity index (χ4n) is 3.05. The predicted octanol–water partition coefficient (Wildman–Crippen LogP) is 3.10. The lowest BCUT2D eigenvalue weighted by Gasteiger charge is -2.30. The molecule has 0 bridgehead atoms. The number of nitrogens with one attached hydrogen (secondary N) is 2. The maximum absolute atomic E-state index is 13.4. The zero-order valence-electron chi connectivity index (χ0n) is 17.4. The molecule has 1 aromatic carbocycles. The minimum atomic E-state index is -4.61. The molecule has 11 heteroatoms. The molecule has 0 radical (unpaired) electrons. The average molecular weight is 447 g/mol. The summed E-state index contributed by atoms with van der Waals surface area (Å²) in [5, 5.41) is 4.71. The number of benzene rings is 1. The van der Waals surface area contributed by atoms with Crippen LogP contribution in [0.3, 0.4) is 0 Å². The molecule has 31 heavy (non-hydrogen) atoms. The molecule has 2 unspecified atom stereocenters. The van der Waals surface area contributed by atoms with Gasteiger partial charge >= 0.3 is 12.3 Å². The summed E-state index contributed by atoms with van der Waals surface area (Å²) in [5.41, 5.74) is -2.03. The summed E-state index contributed by atoms with van der Waals surface area (Å²) in [4.78, 5) is 37.9. The Morgan fingerprint density at radius 1 is 1.19 bits per heavy atom. The van der Waals surface area contributed by atoms with Gasteiger partial charge < -0.3 is 15.4 Å². The third-order valence-electron chi connectivity index (χ3n) is 4.52. The predicted molar refractivity (Wildman–Crippen MR) is 103 cm³/mol. The van der Waals surface area contributed by atoms with E-state index >= 15 is 0 Å². The van der Waals surface area contributed by atoms with Gasteiger partial charge in [0.2, 0.25) is 5.91 Å². The van der Waals surface area contributed by atoms with Gasteiger partial charge in [-0.25, -0.2) is 4.79 Å². The molecule has 1 saturated heterocycles. The van der Waals surface area contributed by atoms with E-state index < -0.39 is 60.6 Å². The largest absolute Gasteiger partial charge is 0.444 e. The molecule has 7 nitrogen and oxygen atoms in total. The number of halogens is 4. The van der Waals surface area contributed by atoms with Crippen molar-refractivity contribution in [1.29, 1.82) is 0 Å². The Morgan fingerprint density at radius 2 is 1.87 bits per heavy atom. The molecule has 0 spiro atoms. The highest BCUT2D eigenvalue weighted by molar-refractivity contribution is 5.96. The number of carbonyl (C=O) groups is 3. The summed E-state index contributed by atoms with van der Waals surface area (Å²) < 4.78 is 57.0. The van der Waals surface area contributed by atoms with Gasteiger partial charge in [0.15, 0.2) is 0 Å². The van der Waals surface area contributed by atoms with Crippen molar-refractivity contribution >= 4 is 17.9 Å². The molecule has 0 saturated carbocycles. The molecule has 1 aromatic rings. The van der Waals surface area contributed by atoms with Crippen LogP contribution in [0.2, 0.25) is 0 Å².